The molecular formula is C21H39FN2O5Si2. The molecule has 1 fully saturated rings. The number of H-pyrrole nitrogens is 1. The van der Waals surface area contributed by atoms with E-state index >= 15 is 4.39 Å². The van der Waals surface area contributed by atoms with Gasteiger partial charge in [-0.15, -0.1) is 0 Å². The van der Waals surface area contributed by atoms with Gasteiger partial charge in [-0.2, -0.15) is 0 Å². The summed E-state index contributed by atoms with van der Waals surface area (Å²) in [6.07, 6.45) is -3.03. The van der Waals surface area contributed by atoms with Crippen molar-refractivity contribution in [2.24, 2.45) is 0 Å². The number of ether oxygens (including phenoxy) is 1. The van der Waals surface area contributed by atoms with Crippen molar-refractivity contribution in [3.05, 3.63) is 33.1 Å². The van der Waals surface area contributed by atoms with Gasteiger partial charge >= 0.3 is 5.69 Å². The summed E-state index contributed by atoms with van der Waals surface area (Å²) < 4.78 is 35.6. The second-order valence-electron chi connectivity index (χ2n) is 11.4. The Kier molecular flexibility index (Phi) is 7.34. The largest absolute Gasteiger partial charge is 0.414 e. The zero-order valence-corrected chi connectivity index (χ0v) is 22.5. The van der Waals surface area contributed by atoms with Gasteiger partial charge in [-0.3, -0.25) is 14.3 Å². The number of hydrogen-bond donors (Lipinski definition) is 1. The van der Waals surface area contributed by atoms with Crippen LogP contribution in [0.3, 0.4) is 0 Å². The number of aromatic nitrogens is 2. The second-order valence-corrected chi connectivity index (χ2v) is 21.0. The summed E-state index contributed by atoms with van der Waals surface area (Å²) in [5, 5.41) is -0.129. The summed E-state index contributed by atoms with van der Waals surface area (Å²) in [5.74, 6) is 0. The Morgan fingerprint density at radius 3 is 2.10 bits per heavy atom. The molecular weight excluding hydrogens is 435 g/mol. The summed E-state index contributed by atoms with van der Waals surface area (Å²) in [6.45, 7) is 21.2. The first kappa shape index (κ1) is 26.2. The Labute approximate surface area is 186 Å². The maximum Gasteiger partial charge on any atom is 0.330 e. The van der Waals surface area contributed by atoms with E-state index in [4.69, 9.17) is 13.6 Å². The fourth-order valence-corrected chi connectivity index (χ4v) is 5.17. The van der Waals surface area contributed by atoms with Crippen molar-refractivity contribution < 1.29 is 18.0 Å². The number of aromatic amines is 1. The molecule has 0 unspecified atom stereocenters. The van der Waals surface area contributed by atoms with Crippen LogP contribution in [0.1, 0.15) is 47.8 Å². The molecule has 31 heavy (non-hydrogen) atoms. The number of hydrogen-bond acceptors (Lipinski definition) is 5. The van der Waals surface area contributed by atoms with Gasteiger partial charge in [0, 0.05) is 12.3 Å². The van der Waals surface area contributed by atoms with E-state index in [9.17, 15) is 9.59 Å². The Balaban J connectivity index is 2.37. The highest BCUT2D eigenvalue weighted by Crippen LogP contribution is 2.43. The van der Waals surface area contributed by atoms with Crippen LogP contribution in [0.5, 0.6) is 0 Å². The smallest absolute Gasteiger partial charge is 0.330 e. The van der Waals surface area contributed by atoms with Gasteiger partial charge in [0.25, 0.3) is 5.56 Å². The maximum absolute atomic E-state index is 15.7. The van der Waals surface area contributed by atoms with Crippen molar-refractivity contribution in [1.29, 1.82) is 0 Å². The van der Waals surface area contributed by atoms with Crippen LogP contribution in [0, 0.1) is 0 Å². The summed E-state index contributed by atoms with van der Waals surface area (Å²) >= 11 is 0. The van der Waals surface area contributed by atoms with Gasteiger partial charge in [-0.05, 0) is 36.3 Å². The number of alkyl halides is 1. The van der Waals surface area contributed by atoms with Gasteiger partial charge in [0.15, 0.2) is 29.0 Å². The monoisotopic (exact) mass is 474 g/mol. The van der Waals surface area contributed by atoms with Crippen LogP contribution in [-0.2, 0) is 13.6 Å². The lowest BCUT2D eigenvalue weighted by atomic mass is 10.1. The zero-order valence-electron chi connectivity index (χ0n) is 20.5. The molecule has 178 valence electrons. The third-order valence-corrected chi connectivity index (χ3v) is 16.0. The van der Waals surface area contributed by atoms with Crippen LogP contribution < -0.4 is 11.2 Å². The van der Waals surface area contributed by atoms with Gasteiger partial charge in [-0.25, -0.2) is 9.18 Å². The van der Waals surface area contributed by atoms with Gasteiger partial charge < -0.3 is 13.6 Å². The molecule has 0 aromatic carbocycles. The molecule has 7 nitrogen and oxygen atoms in total. The average molecular weight is 475 g/mol. The molecule has 0 amide bonds. The minimum atomic E-state index is -2.33. The first-order chi connectivity index (χ1) is 13.9. The highest BCUT2D eigenvalue weighted by Gasteiger charge is 2.52. The van der Waals surface area contributed by atoms with E-state index in [1.165, 1.54) is 12.3 Å². The van der Waals surface area contributed by atoms with E-state index in [2.05, 4.69) is 72.7 Å². The molecule has 0 aliphatic carbocycles. The van der Waals surface area contributed by atoms with Gasteiger partial charge in [-0.1, -0.05) is 41.5 Å². The molecule has 1 aromatic heterocycles. The second kappa shape index (κ2) is 8.70. The van der Waals surface area contributed by atoms with Crippen LogP contribution in [-0.4, -0.2) is 51.2 Å². The molecule has 4 atom stereocenters. The quantitative estimate of drug-likeness (QED) is 0.625. The van der Waals surface area contributed by atoms with Crippen LogP contribution in [0.4, 0.5) is 4.39 Å². The number of nitrogens with zero attached hydrogens (tertiary/aromatic N) is 1. The summed E-state index contributed by atoms with van der Waals surface area (Å²) in [4.78, 5) is 25.9. The molecule has 2 rings (SSSR count). The van der Waals surface area contributed by atoms with E-state index in [0.29, 0.717) is 0 Å². The van der Waals surface area contributed by atoms with E-state index in [1.807, 2.05) is 0 Å². The van der Waals surface area contributed by atoms with E-state index in [-0.39, 0.29) is 16.7 Å². The third kappa shape index (κ3) is 5.65. The van der Waals surface area contributed by atoms with Gasteiger partial charge in [0.05, 0.1) is 6.61 Å². The molecule has 0 bridgehead atoms. The number of nitrogens with one attached hydrogen (secondary N) is 1. The van der Waals surface area contributed by atoms with Gasteiger partial charge in [0.2, 0.25) is 0 Å². The SMILES string of the molecule is CC(C)(C)[Si](C)(C)OC[C@H]1O[C@@H](n2ccc(=O)[nH]c2=O)[C@@H](F)[C@@H]1O[Si](C)(C)C(C)(C)C. The maximum atomic E-state index is 15.7. The summed E-state index contributed by atoms with van der Waals surface area (Å²) in [7, 11) is -4.43. The molecule has 0 spiro atoms. The van der Waals surface area contributed by atoms with Gasteiger partial charge in [0.1, 0.15) is 12.2 Å². The van der Waals surface area contributed by atoms with E-state index in [1.54, 1.807) is 0 Å². The molecule has 1 aliphatic rings. The lowest BCUT2D eigenvalue weighted by molar-refractivity contribution is -0.0455. The molecule has 1 N–H and O–H groups in total. The molecule has 10 heteroatoms. The zero-order chi connectivity index (χ0) is 24.0. The van der Waals surface area contributed by atoms with E-state index in [0.717, 1.165) is 4.57 Å². The Hall–Kier alpha value is -1.08. The highest BCUT2D eigenvalue weighted by molar-refractivity contribution is 6.74. The lowest BCUT2D eigenvalue weighted by Gasteiger charge is -2.40. The van der Waals surface area contributed by atoms with Crippen LogP contribution in [0.2, 0.25) is 36.3 Å². The third-order valence-electron chi connectivity index (χ3n) is 7.04. The fourth-order valence-electron chi connectivity index (χ4n) is 2.84. The minimum Gasteiger partial charge on any atom is -0.414 e. The standard InChI is InChI=1S/C21H39FN2O5Si2/c1-20(2,3)30(7,8)27-13-14-17(29-31(9,10)21(4,5)6)16(22)18(28-14)24-12-11-15(25)23-19(24)26/h11-12,14,16-18H,13H2,1-10H3,(H,23,25,26)/t14-,16+,17-,18-/m1/s1. The van der Waals surface area contributed by atoms with Crippen molar-refractivity contribution in [3.63, 3.8) is 0 Å². The summed E-state index contributed by atoms with van der Waals surface area (Å²) in [5.41, 5.74) is -1.25. The Morgan fingerprint density at radius 2 is 1.61 bits per heavy atom. The topological polar surface area (TPSA) is 82.5 Å². The van der Waals surface area contributed by atoms with Crippen LogP contribution >= 0.6 is 0 Å². The van der Waals surface area contributed by atoms with Crippen LogP contribution in [0.15, 0.2) is 21.9 Å². The highest BCUT2D eigenvalue weighted by atomic mass is 28.4. The van der Waals surface area contributed by atoms with Crippen LogP contribution in [0.25, 0.3) is 0 Å². The Bertz CT molecular complexity index is 885. The fraction of sp³-hybridized carbons (Fsp3) is 0.810. The van der Waals surface area contributed by atoms with Crippen molar-refractivity contribution in [3.8, 4) is 0 Å². The van der Waals surface area contributed by atoms with Crippen molar-refractivity contribution in [1.82, 2.24) is 9.55 Å². The van der Waals surface area contributed by atoms with Crippen molar-refractivity contribution in [2.75, 3.05) is 6.61 Å². The molecule has 0 radical (unpaired) electrons. The normalized spacial score (nSPS) is 25.8. The van der Waals surface area contributed by atoms with Crippen molar-refractivity contribution >= 4 is 16.6 Å². The predicted octanol–water partition coefficient (Wildman–Crippen LogP) is 4.18. The average Bonchev–Trinajstić information content (AvgIpc) is 2.87. The first-order valence-corrected chi connectivity index (χ1v) is 16.6. The number of halogens is 1. The number of rotatable bonds is 6. The first-order valence-electron chi connectivity index (χ1n) is 10.8. The summed E-state index contributed by atoms with van der Waals surface area (Å²) in [6, 6.07) is 1.18. The molecule has 1 aromatic rings. The predicted molar refractivity (Wildman–Crippen MR) is 125 cm³/mol. The minimum absolute atomic E-state index is 0.00817. The molecule has 1 aliphatic heterocycles. The van der Waals surface area contributed by atoms with Crippen molar-refractivity contribution in [2.45, 2.75) is 102 Å². The lowest BCUT2D eigenvalue weighted by Crippen LogP contribution is -2.50. The Morgan fingerprint density at radius 1 is 1.06 bits per heavy atom. The molecule has 1 saturated heterocycles. The molecule has 2 heterocycles. The van der Waals surface area contributed by atoms with E-state index < -0.39 is 52.5 Å². The molecule has 0 saturated carbocycles.